The molecule has 9 heteroatoms. The number of thioether (sulfide) groups is 1. The summed E-state index contributed by atoms with van der Waals surface area (Å²) in [5.41, 5.74) is 0.759. The third kappa shape index (κ3) is 2.87. The van der Waals surface area contributed by atoms with Gasteiger partial charge in [0.05, 0.1) is 10.9 Å². The lowest BCUT2D eigenvalue weighted by molar-refractivity contribution is 0.376. The molecule has 8 nitrogen and oxygen atoms in total. The molecule has 3 rings (SSSR count). The van der Waals surface area contributed by atoms with Gasteiger partial charge < -0.3 is 9.63 Å². The first kappa shape index (κ1) is 13.6. The van der Waals surface area contributed by atoms with Crippen LogP contribution in [0.15, 0.2) is 33.9 Å². The van der Waals surface area contributed by atoms with Gasteiger partial charge in [0.15, 0.2) is 5.82 Å². The summed E-state index contributed by atoms with van der Waals surface area (Å²) in [7, 11) is 0. The van der Waals surface area contributed by atoms with Crippen molar-refractivity contribution in [2.24, 2.45) is 0 Å². The Morgan fingerprint density at radius 2 is 2.05 bits per heavy atom. The largest absolute Gasteiger partial charge is 0.508 e. The second-order valence-corrected chi connectivity index (χ2v) is 5.64. The van der Waals surface area contributed by atoms with Crippen molar-refractivity contribution in [2.45, 2.75) is 24.3 Å². The van der Waals surface area contributed by atoms with Crippen molar-refractivity contribution in [3.63, 3.8) is 0 Å². The second-order valence-electron chi connectivity index (χ2n) is 4.33. The lowest BCUT2D eigenvalue weighted by atomic mass is 10.3. The first-order chi connectivity index (χ1) is 10.1. The van der Waals surface area contributed by atoms with Gasteiger partial charge in [0.2, 0.25) is 11.0 Å². The average Bonchev–Trinajstić information content (AvgIpc) is 3.09. The average molecular weight is 304 g/mol. The van der Waals surface area contributed by atoms with E-state index in [1.54, 1.807) is 35.9 Å². The third-order valence-electron chi connectivity index (χ3n) is 2.71. The molecular weight excluding hydrogens is 292 g/mol. The van der Waals surface area contributed by atoms with E-state index in [1.165, 1.54) is 11.8 Å². The van der Waals surface area contributed by atoms with Gasteiger partial charge in [-0.1, -0.05) is 16.9 Å². The number of aryl methyl sites for hydroxylation is 1. The molecule has 0 bridgehead atoms. The van der Waals surface area contributed by atoms with Crippen LogP contribution in [0.4, 0.5) is 0 Å². The Hall–Kier alpha value is -2.42. The molecule has 2 aromatic heterocycles. The van der Waals surface area contributed by atoms with Crippen LogP contribution in [0.3, 0.4) is 0 Å². The van der Waals surface area contributed by atoms with Gasteiger partial charge in [0, 0.05) is 0 Å². The van der Waals surface area contributed by atoms with Crippen molar-refractivity contribution < 1.29 is 9.63 Å². The Balaban J connectivity index is 1.84. The fourth-order valence-corrected chi connectivity index (χ4v) is 2.53. The lowest BCUT2D eigenvalue weighted by Crippen LogP contribution is -2.00. The number of rotatable bonds is 4. The fraction of sp³-hybridized carbons (Fsp3) is 0.250. The lowest BCUT2D eigenvalue weighted by Gasteiger charge is -2.07. The molecule has 0 saturated carbocycles. The number of benzene rings is 1. The van der Waals surface area contributed by atoms with E-state index in [0.29, 0.717) is 16.9 Å². The van der Waals surface area contributed by atoms with E-state index < -0.39 is 0 Å². The van der Waals surface area contributed by atoms with Gasteiger partial charge in [-0.25, -0.2) is 0 Å². The van der Waals surface area contributed by atoms with Crippen molar-refractivity contribution in [1.82, 2.24) is 30.3 Å². The highest BCUT2D eigenvalue weighted by atomic mass is 32.2. The zero-order valence-electron chi connectivity index (χ0n) is 11.3. The highest BCUT2D eigenvalue weighted by Gasteiger charge is 2.19. The van der Waals surface area contributed by atoms with E-state index in [9.17, 15) is 5.11 Å². The number of aromatic nitrogens is 6. The minimum Gasteiger partial charge on any atom is -0.508 e. The van der Waals surface area contributed by atoms with Crippen LogP contribution in [-0.2, 0) is 0 Å². The summed E-state index contributed by atoms with van der Waals surface area (Å²) in [6.45, 7) is 3.71. The maximum absolute atomic E-state index is 9.33. The summed E-state index contributed by atoms with van der Waals surface area (Å²) in [6, 6.07) is 6.63. The van der Waals surface area contributed by atoms with Gasteiger partial charge >= 0.3 is 0 Å². The number of hydrogen-bond donors (Lipinski definition) is 1. The number of nitrogens with zero attached hydrogens (tertiary/aromatic N) is 6. The third-order valence-corrected chi connectivity index (χ3v) is 3.73. The van der Waals surface area contributed by atoms with Gasteiger partial charge in [0.25, 0.3) is 0 Å². The predicted octanol–water partition coefficient (Wildman–Crippen LogP) is 1.91. The summed E-state index contributed by atoms with van der Waals surface area (Å²) in [4.78, 5) is 4.20. The van der Waals surface area contributed by atoms with Gasteiger partial charge in [-0.2, -0.15) is 9.67 Å². The summed E-state index contributed by atoms with van der Waals surface area (Å²) in [6.07, 6.45) is 0. The van der Waals surface area contributed by atoms with Crippen molar-refractivity contribution in [3.05, 3.63) is 36.0 Å². The molecule has 1 unspecified atom stereocenters. The zero-order valence-corrected chi connectivity index (χ0v) is 12.2. The van der Waals surface area contributed by atoms with E-state index in [1.807, 2.05) is 6.92 Å². The minimum absolute atomic E-state index is 0.0759. The van der Waals surface area contributed by atoms with Crippen LogP contribution in [-0.4, -0.2) is 35.5 Å². The van der Waals surface area contributed by atoms with Crippen LogP contribution in [0.1, 0.15) is 23.9 Å². The van der Waals surface area contributed by atoms with Gasteiger partial charge in [-0.05, 0) is 48.5 Å². The molecule has 0 fully saturated rings. The van der Waals surface area contributed by atoms with E-state index in [-0.39, 0.29) is 11.0 Å². The summed E-state index contributed by atoms with van der Waals surface area (Å²) >= 11 is 1.41. The van der Waals surface area contributed by atoms with Crippen LogP contribution in [0.2, 0.25) is 0 Å². The quantitative estimate of drug-likeness (QED) is 0.729. The monoisotopic (exact) mass is 304 g/mol. The number of phenols is 1. The number of hydrogen-bond acceptors (Lipinski definition) is 8. The SMILES string of the molecule is Cc1noc(C(C)Sc2nnnn2-c2ccc(O)cc2)n1. The standard InChI is InChI=1S/C12H12N6O2S/c1-7(11-13-8(2)15-20-11)21-12-14-16-17-18(12)9-3-5-10(19)6-4-9/h3-7,19H,1-2H3. The Morgan fingerprint density at radius 3 is 2.71 bits per heavy atom. The molecular formula is C12H12N6O2S. The molecule has 0 aliphatic rings. The van der Waals surface area contributed by atoms with Crippen LogP contribution < -0.4 is 0 Å². The van der Waals surface area contributed by atoms with Crippen LogP contribution in [0.5, 0.6) is 5.75 Å². The number of aromatic hydroxyl groups is 1. The molecule has 0 aliphatic carbocycles. The molecule has 108 valence electrons. The highest BCUT2D eigenvalue weighted by molar-refractivity contribution is 7.99. The smallest absolute Gasteiger partial charge is 0.239 e. The Labute approximate surface area is 124 Å². The van der Waals surface area contributed by atoms with E-state index in [4.69, 9.17) is 4.52 Å². The molecule has 0 saturated heterocycles. The van der Waals surface area contributed by atoms with Gasteiger partial charge in [-0.3, -0.25) is 0 Å². The molecule has 0 spiro atoms. The van der Waals surface area contributed by atoms with Gasteiger partial charge in [0.1, 0.15) is 5.75 Å². The maximum atomic E-state index is 9.33. The molecule has 2 heterocycles. The molecule has 0 radical (unpaired) electrons. The second kappa shape index (κ2) is 5.52. The van der Waals surface area contributed by atoms with Crippen LogP contribution in [0.25, 0.3) is 5.69 Å². The van der Waals surface area contributed by atoms with Crippen molar-refractivity contribution in [3.8, 4) is 11.4 Å². The predicted molar refractivity (Wildman–Crippen MR) is 74.1 cm³/mol. The maximum Gasteiger partial charge on any atom is 0.239 e. The van der Waals surface area contributed by atoms with E-state index in [2.05, 4.69) is 25.7 Å². The Bertz CT molecular complexity index is 738. The zero-order chi connectivity index (χ0) is 14.8. The topological polar surface area (TPSA) is 103 Å². The Kier molecular flexibility index (Phi) is 3.57. The molecule has 1 atom stereocenters. The van der Waals surface area contributed by atoms with Crippen LogP contribution in [0, 0.1) is 6.92 Å². The Morgan fingerprint density at radius 1 is 1.29 bits per heavy atom. The van der Waals surface area contributed by atoms with E-state index >= 15 is 0 Å². The molecule has 0 aliphatic heterocycles. The number of tetrazole rings is 1. The molecule has 21 heavy (non-hydrogen) atoms. The van der Waals surface area contributed by atoms with E-state index in [0.717, 1.165) is 5.69 Å². The minimum atomic E-state index is -0.0759. The highest BCUT2D eigenvalue weighted by Crippen LogP contribution is 2.33. The van der Waals surface area contributed by atoms with Crippen molar-refractivity contribution in [1.29, 1.82) is 0 Å². The van der Waals surface area contributed by atoms with Gasteiger partial charge in [-0.15, -0.1) is 5.10 Å². The van der Waals surface area contributed by atoms with Crippen molar-refractivity contribution in [2.75, 3.05) is 0 Å². The fourth-order valence-electron chi connectivity index (χ4n) is 1.70. The molecule has 1 aromatic carbocycles. The molecule has 0 amide bonds. The normalized spacial score (nSPS) is 12.5. The summed E-state index contributed by atoms with van der Waals surface area (Å²) in [5.74, 6) is 1.31. The van der Waals surface area contributed by atoms with Crippen molar-refractivity contribution >= 4 is 11.8 Å². The summed E-state index contributed by atoms with van der Waals surface area (Å²) < 4.78 is 6.73. The number of phenolic OH excluding ortho intramolecular Hbond substituents is 1. The first-order valence-corrected chi connectivity index (χ1v) is 7.06. The summed E-state index contributed by atoms with van der Waals surface area (Å²) in [5, 5.41) is 25.3. The molecule has 1 N–H and O–H groups in total. The first-order valence-electron chi connectivity index (χ1n) is 6.18. The molecule has 3 aromatic rings. The van der Waals surface area contributed by atoms with Crippen LogP contribution >= 0.6 is 11.8 Å².